The molecule has 9 nitrogen and oxygen atoms in total. The molecular weight excluding hydrogens is 535 g/mol. The van der Waals surface area contributed by atoms with Crippen LogP contribution in [-0.4, -0.2) is 68.0 Å². The number of hydrogen-bond donors (Lipinski definition) is 0. The zero-order chi connectivity index (χ0) is 29.0. The summed E-state index contributed by atoms with van der Waals surface area (Å²) >= 11 is 0. The fourth-order valence-electron chi connectivity index (χ4n) is 3.78. The lowest BCUT2D eigenvalue weighted by Crippen LogP contribution is -2.44. The van der Waals surface area contributed by atoms with Crippen LogP contribution in [0.3, 0.4) is 0 Å². The Hall–Kier alpha value is -3.63. The lowest BCUT2D eigenvalue weighted by Gasteiger charge is -2.34. The summed E-state index contributed by atoms with van der Waals surface area (Å²) in [6, 6.07) is 10.4. The summed E-state index contributed by atoms with van der Waals surface area (Å²) in [6.45, 7) is 9.71. The number of rotatable bonds is 5. The molecule has 0 N–H and O–H groups in total. The van der Waals surface area contributed by atoms with E-state index in [2.05, 4.69) is 26.1 Å². The summed E-state index contributed by atoms with van der Waals surface area (Å²) in [6.07, 6.45) is 3.86. The lowest BCUT2D eigenvalue weighted by atomic mass is 9.93. The fraction of sp³-hybridized carbons (Fsp3) is 0.423. The third-order valence-corrected chi connectivity index (χ3v) is 6.92. The van der Waals surface area contributed by atoms with Crippen LogP contribution in [0.5, 0.6) is 5.75 Å². The van der Waals surface area contributed by atoms with Crippen molar-refractivity contribution in [3.8, 4) is 22.9 Å². The molecule has 1 aliphatic heterocycles. The van der Waals surface area contributed by atoms with Crippen LogP contribution in [0.2, 0.25) is 0 Å². The number of piperazine rings is 1. The number of nitriles is 1. The first-order valence-electron chi connectivity index (χ1n) is 12.0. The Morgan fingerprint density at radius 1 is 1.10 bits per heavy atom. The smallest absolute Gasteiger partial charge is 0.374 e. The molecule has 210 valence electrons. The third kappa shape index (κ3) is 7.48. The number of hydrogen-bond acceptors (Lipinski definition) is 8. The minimum Gasteiger partial charge on any atom is -0.374 e. The molecule has 0 spiro atoms. The van der Waals surface area contributed by atoms with Crippen LogP contribution in [0.1, 0.15) is 32.8 Å². The van der Waals surface area contributed by atoms with Crippen molar-refractivity contribution in [2.75, 3.05) is 38.1 Å². The Morgan fingerprint density at radius 3 is 2.21 bits per heavy atom. The van der Waals surface area contributed by atoms with Gasteiger partial charge in [-0.15, -0.1) is 0 Å². The van der Waals surface area contributed by atoms with Crippen molar-refractivity contribution in [1.82, 2.24) is 14.5 Å². The number of likely N-dealkylation sites (N-methyl/N-ethyl adjacent to an activating group) is 1. The fourth-order valence-corrected chi connectivity index (χ4v) is 4.22. The van der Waals surface area contributed by atoms with Gasteiger partial charge < -0.3 is 18.8 Å². The molecule has 1 aromatic carbocycles. The van der Waals surface area contributed by atoms with Gasteiger partial charge in [-0.3, -0.25) is 0 Å². The molecule has 3 aromatic rings. The first-order valence-corrected chi connectivity index (χ1v) is 13.5. The second-order valence-electron chi connectivity index (χ2n) is 10.3. The van der Waals surface area contributed by atoms with Gasteiger partial charge in [0.1, 0.15) is 12.4 Å². The largest absolute Gasteiger partial charge is 0.534 e. The SMILES string of the molecule is CC(C)(C)CC=O.CN1CCN(c2ccc(-c3cc(OS(=O)(=O)C(F)(F)F)cn4ncc(C#N)c34)cc2)CC1. The quantitative estimate of drug-likeness (QED) is 0.253. The third-order valence-electron chi connectivity index (χ3n) is 5.94. The van der Waals surface area contributed by atoms with E-state index in [1.54, 1.807) is 12.1 Å². The van der Waals surface area contributed by atoms with Crippen LogP contribution in [0, 0.1) is 16.7 Å². The lowest BCUT2D eigenvalue weighted by molar-refractivity contribution is -0.109. The zero-order valence-corrected chi connectivity index (χ0v) is 22.9. The minimum atomic E-state index is -5.86. The number of halogens is 3. The average molecular weight is 566 g/mol. The van der Waals surface area contributed by atoms with Crippen molar-refractivity contribution < 1.29 is 30.6 Å². The Morgan fingerprint density at radius 2 is 1.72 bits per heavy atom. The van der Waals surface area contributed by atoms with Crippen molar-refractivity contribution in [2.24, 2.45) is 5.41 Å². The van der Waals surface area contributed by atoms with E-state index in [9.17, 15) is 31.6 Å². The molecule has 13 heteroatoms. The van der Waals surface area contributed by atoms with E-state index in [-0.39, 0.29) is 11.0 Å². The summed E-state index contributed by atoms with van der Waals surface area (Å²) in [5, 5.41) is 13.4. The number of aldehydes is 1. The van der Waals surface area contributed by atoms with Gasteiger partial charge in [-0.25, -0.2) is 4.52 Å². The van der Waals surface area contributed by atoms with Crippen molar-refractivity contribution in [2.45, 2.75) is 32.7 Å². The van der Waals surface area contributed by atoms with Crippen LogP contribution < -0.4 is 9.08 Å². The molecule has 1 aliphatic rings. The molecule has 1 saturated heterocycles. The molecule has 0 saturated carbocycles. The maximum absolute atomic E-state index is 12.8. The van der Waals surface area contributed by atoms with Crippen molar-refractivity contribution >= 4 is 27.6 Å². The van der Waals surface area contributed by atoms with E-state index in [1.165, 1.54) is 6.20 Å². The maximum atomic E-state index is 12.8. The van der Waals surface area contributed by atoms with E-state index < -0.39 is 21.4 Å². The molecule has 39 heavy (non-hydrogen) atoms. The number of benzene rings is 1. The highest BCUT2D eigenvalue weighted by Gasteiger charge is 2.48. The van der Waals surface area contributed by atoms with Crippen LogP contribution in [-0.2, 0) is 14.9 Å². The van der Waals surface area contributed by atoms with Gasteiger partial charge in [0.2, 0.25) is 0 Å². The summed E-state index contributed by atoms with van der Waals surface area (Å²) in [4.78, 5) is 14.3. The molecule has 4 rings (SSSR count). The highest BCUT2D eigenvalue weighted by molar-refractivity contribution is 7.88. The highest BCUT2D eigenvalue weighted by Crippen LogP contribution is 2.34. The first kappa shape index (κ1) is 29.9. The molecule has 0 bridgehead atoms. The number of pyridine rings is 1. The van der Waals surface area contributed by atoms with Crippen LogP contribution in [0.15, 0.2) is 42.7 Å². The Bertz CT molecular complexity index is 1450. The topological polar surface area (TPSA) is 108 Å². The number of carbonyl (C=O) groups is 1. The number of aromatic nitrogens is 2. The summed E-state index contributed by atoms with van der Waals surface area (Å²) in [5.41, 5.74) is -3.00. The van der Waals surface area contributed by atoms with Gasteiger partial charge >= 0.3 is 15.6 Å². The highest BCUT2D eigenvalue weighted by atomic mass is 32.2. The van der Waals surface area contributed by atoms with Crippen molar-refractivity contribution in [3.63, 3.8) is 0 Å². The molecule has 3 heterocycles. The van der Waals surface area contributed by atoms with Gasteiger partial charge in [0.05, 0.1) is 23.5 Å². The number of fused-ring (bicyclic) bond motifs is 1. The standard InChI is InChI=1S/C20H18F3N5O3S.C6H12O/c1-26-6-8-27(9-7-26)16-4-2-14(3-5-16)18-10-17(31-32(29,30)20(21,22)23)13-28-19(18)15(11-24)12-25-28;1-6(2,3)4-5-7/h2-5,10,12-13H,6-9H2,1H3;5H,4H2,1-3H3. The van der Waals surface area contributed by atoms with Gasteiger partial charge in [0.25, 0.3) is 0 Å². The summed E-state index contributed by atoms with van der Waals surface area (Å²) in [5.74, 6) is -0.569. The van der Waals surface area contributed by atoms with Crippen LogP contribution >= 0.6 is 0 Å². The molecule has 0 radical (unpaired) electrons. The van der Waals surface area contributed by atoms with Gasteiger partial charge in [-0.2, -0.15) is 31.9 Å². The molecular formula is C26H30F3N5O4S. The molecule has 0 atom stereocenters. The van der Waals surface area contributed by atoms with Gasteiger partial charge in [0.15, 0.2) is 5.75 Å². The van der Waals surface area contributed by atoms with E-state index in [0.29, 0.717) is 23.1 Å². The Kier molecular flexibility index (Phi) is 8.92. The normalized spacial score (nSPS) is 14.9. The summed E-state index contributed by atoms with van der Waals surface area (Å²) in [7, 11) is -3.81. The molecule has 0 aliphatic carbocycles. The van der Waals surface area contributed by atoms with E-state index in [4.69, 9.17) is 0 Å². The second-order valence-corrected chi connectivity index (χ2v) is 11.8. The molecule has 2 aromatic heterocycles. The van der Waals surface area contributed by atoms with Gasteiger partial charge in [-0.1, -0.05) is 32.9 Å². The Balaban J connectivity index is 0.000000532. The minimum absolute atomic E-state index is 0.182. The molecule has 1 fully saturated rings. The van der Waals surface area contributed by atoms with Crippen molar-refractivity contribution in [3.05, 3.63) is 48.3 Å². The number of carbonyl (C=O) groups excluding carboxylic acids is 1. The van der Waals surface area contributed by atoms with Crippen LogP contribution in [0.4, 0.5) is 18.9 Å². The van der Waals surface area contributed by atoms with E-state index in [0.717, 1.165) is 54.9 Å². The Labute approximate surface area is 225 Å². The predicted molar refractivity (Wildman–Crippen MR) is 141 cm³/mol. The average Bonchev–Trinajstić information content (AvgIpc) is 3.26. The zero-order valence-electron chi connectivity index (χ0n) is 22.1. The van der Waals surface area contributed by atoms with Crippen LogP contribution in [0.25, 0.3) is 16.6 Å². The van der Waals surface area contributed by atoms with E-state index >= 15 is 0 Å². The number of nitrogens with zero attached hydrogens (tertiary/aromatic N) is 5. The second kappa shape index (κ2) is 11.6. The monoisotopic (exact) mass is 565 g/mol. The van der Waals surface area contributed by atoms with Gasteiger partial charge in [-0.05, 0) is 36.2 Å². The van der Waals surface area contributed by atoms with E-state index in [1.807, 2.05) is 39.0 Å². The number of alkyl halides is 3. The summed E-state index contributed by atoms with van der Waals surface area (Å²) < 4.78 is 66.7. The molecule has 0 unspecified atom stereocenters. The maximum Gasteiger partial charge on any atom is 0.534 e. The first-order chi connectivity index (χ1) is 18.1. The predicted octanol–water partition coefficient (Wildman–Crippen LogP) is 4.47. The number of anilines is 1. The van der Waals surface area contributed by atoms with Gasteiger partial charge in [0, 0.05) is 43.9 Å². The molecule has 0 amide bonds. The van der Waals surface area contributed by atoms with Crippen molar-refractivity contribution in [1.29, 1.82) is 5.26 Å².